The van der Waals surface area contributed by atoms with Crippen molar-refractivity contribution in [3.05, 3.63) is 12.3 Å². The lowest BCUT2D eigenvalue weighted by molar-refractivity contribution is 0.417. The maximum Gasteiger partial charge on any atom is 0.0625 e. The topological polar surface area (TPSA) is 27.0 Å². The van der Waals surface area contributed by atoms with Gasteiger partial charge in [0.05, 0.1) is 6.07 Å². The Bertz CT molecular complexity index is 140. The van der Waals surface area contributed by atoms with Crippen molar-refractivity contribution in [3.63, 3.8) is 0 Å². The molecule has 62 valence electrons. The van der Waals surface area contributed by atoms with E-state index in [0.717, 1.165) is 19.5 Å². The molecule has 0 aliphatic heterocycles. The predicted octanol–water partition coefficient (Wildman–Crippen LogP) is 2.15. The van der Waals surface area contributed by atoms with Crippen LogP contribution < -0.4 is 0 Å². The van der Waals surface area contributed by atoms with Gasteiger partial charge < -0.3 is 4.90 Å². The quantitative estimate of drug-likeness (QED) is 0.564. The number of allylic oxidation sites excluding steroid dienone is 1. The van der Waals surface area contributed by atoms with Gasteiger partial charge in [-0.15, -0.1) is 0 Å². The zero-order chi connectivity index (χ0) is 8.53. The van der Waals surface area contributed by atoms with E-state index in [-0.39, 0.29) is 0 Å². The largest absolute Gasteiger partial charge is 0.378 e. The zero-order valence-electron chi connectivity index (χ0n) is 7.38. The number of nitrogens with zero attached hydrogens (tertiary/aromatic N) is 2. The zero-order valence-corrected chi connectivity index (χ0v) is 7.38. The fourth-order valence-corrected chi connectivity index (χ4v) is 0.806. The lowest BCUT2D eigenvalue weighted by Crippen LogP contribution is -2.14. The third-order valence-corrected chi connectivity index (χ3v) is 1.55. The standard InChI is InChI=1S/C9H16N2/c1-3-11(4-2)9-7-5-6-8-10/h7,9H,3-6H2,1-2H3. The fraction of sp³-hybridized carbons (Fsp3) is 0.667. The Kier molecular flexibility index (Phi) is 6.51. The lowest BCUT2D eigenvalue weighted by Gasteiger charge is -2.14. The second-order valence-corrected chi connectivity index (χ2v) is 2.30. The molecular formula is C9H16N2. The molecule has 0 rings (SSSR count). The minimum absolute atomic E-state index is 0.623. The molecule has 0 saturated heterocycles. The summed E-state index contributed by atoms with van der Waals surface area (Å²) < 4.78 is 0. The van der Waals surface area contributed by atoms with Crippen LogP contribution in [0.1, 0.15) is 26.7 Å². The maximum absolute atomic E-state index is 8.25. The van der Waals surface area contributed by atoms with E-state index >= 15 is 0 Å². The van der Waals surface area contributed by atoms with Crippen LogP contribution in [-0.4, -0.2) is 18.0 Å². The Morgan fingerprint density at radius 1 is 1.36 bits per heavy atom. The molecule has 0 aliphatic rings. The summed E-state index contributed by atoms with van der Waals surface area (Å²) in [5.41, 5.74) is 0. The van der Waals surface area contributed by atoms with Crippen molar-refractivity contribution in [1.82, 2.24) is 4.90 Å². The van der Waals surface area contributed by atoms with E-state index in [0.29, 0.717) is 6.42 Å². The first-order valence-corrected chi connectivity index (χ1v) is 4.12. The van der Waals surface area contributed by atoms with E-state index in [2.05, 4.69) is 37.1 Å². The molecule has 2 nitrogen and oxygen atoms in total. The molecule has 0 radical (unpaired) electrons. The predicted molar refractivity (Wildman–Crippen MR) is 46.9 cm³/mol. The van der Waals surface area contributed by atoms with Gasteiger partial charge in [-0.25, -0.2) is 0 Å². The van der Waals surface area contributed by atoms with Gasteiger partial charge in [0.15, 0.2) is 0 Å². The Balaban J connectivity index is 3.46. The molecule has 0 atom stereocenters. The van der Waals surface area contributed by atoms with E-state index in [1.807, 2.05) is 0 Å². The number of unbranched alkanes of at least 4 members (excludes halogenated alkanes) is 1. The van der Waals surface area contributed by atoms with Crippen molar-refractivity contribution in [2.45, 2.75) is 26.7 Å². The van der Waals surface area contributed by atoms with Crippen LogP contribution in [0.3, 0.4) is 0 Å². The summed E-state index contributed by atoms with van der Waals surface area (Å²) in [6.07, 6.45) is 5.61. The highest BCUT2D eigenvalue weighted by atomic mass is 15.1. The summed E-state index contributed by atoms with van der Waals surface area (Å²) >= 11 is 0. The summed E-state index contributed by atoms with van der Waals surface area (Å²) in [5.74, 6) is 0. The van der Waals surface area contributed by atoms with E-state index in [4.69, 9.17) is 5.26 Å². The smallest absolute Gasteiger partial charge is 0.0625 e. The molecule has 0 aromatic carbocycles. The van der Waals surface area contributed by atoms with Gasteiger partial charge in [0, 0.05) is 19.5 Å². The van der Waals surface area contributed by atoms with Gasteiger partial charge in [-0.2, -0.15) is 5.26 Å². The highest BCUT2D eigenvalue weighted by Crippen LogP contribution is 1.92. The molecule has 0 aromatic rings. The number of hydrogen-bond acceptors (Lipinski definition) is 2. The SMILES string of the molecule is CCN(C=CCCC#N)CC. The molecule has 2 heteroatoms. The van der Waals surface area contributed by atoms with Crippen LogP contribution in [0.5, 0.6) is 0 Å². The normalized spacial score (nSPS) is 9.91. The third kappa shape index (κ3) is 5.47. The second-order valence-electron chi connectivity index (χ2n) is 2.30. The fourth-order valence-electron chi connectivity index (χ4n) is 0.806. The molecule has 0 N–H and O–H groups in total. The van der Waals surface area contributed by atoms with Crippen molar-refractivity contribution in [2.24, 2.45) is 0 Å². The van der Waals surface area contributed by atoms with Crippen LogP contribution in [-0.2, 0) is 0 Å². The summed E-state index contributed by atoms with van der Waals surface area (Å²) in [7, 11) is 0. The van der Waals surface area contributed by atoms with Gasteiger partial charge in [-0.3, -0.25) is 0 Å². The van der Waals surface area contributed by atoms with Crippen LogP contribution in [0, 0.1) is 11.3 Å². The van der Waals surface area contributed by atoms with Crippen molar-refractivity contribution in [2.75, 3.05) is 13.1 Å². The third-order valence-electron chi connectivity index (χ3n) is 1.55. The molecule has 0 bridgehead atoms. The number of nitriles is 1. The molecule has 0 spiro atoms. The van der Waals surface area contributed by atoms with Crippen molar-refractivity contribution < 1.29 is 0 Å². The molecular weight excluding hydrogens is 136 g/mol. The first kappa shape index (κ1) is 10.0. The van der Waals surface area contributed by atoms with Gasteiger partial charge in [0.1, 0.15) is 0 Å². The van der Waals surface area contributed by atoms with Crippen molar-refractivity contribution >= 4 is 0 Å². The van der Waals surface area contributed by atoms with Gasteiger partial charge in [-0.1, -0.05) is 6.08 Å². The van der Waals surface area contributed by atoms with E-state index in [1.165, 1.54) is 0 Å². The molecule has 0 heterocycles. The number of rotatable bonds is 5. The monoisotopic (exact) mass is 152 g/mol. The molecule has 0 unspecified atom stereocenters. The van der Waals surface area contributed by atoms with Crippen LogP contribution in [0.25, 0.3) is 0 Å². The Labute approximate surface area is 69.1 Å². The molecule has 11 heavy (non-hydrogen) atoms. The molecule has 0 aromatic heterocycles. The van der Waals surface area contributed by atoms with Crippen LogP contribution in [0.4, 0.5) is 0 Å². The van der Waals surface area contributed by atoms with Crippen LogP contribution in [0.15, 0.2) is 12.3 Å². The maximum atomic E-state index is 8.25. The molecule has 0 aliphatic carbocycles. The summed E-state index contributed by atoms with van der Waals surface area (Å²) in [5, 5.41) is 8.25. The van der Waals surface area contributed by atoms with Gasteiger partial charge in [0.2, 0.25) is 0 Å². The Morgan fingerprint density at radius 2 is 2.00 bits per heavy atom. The highest BCUT2D eigenvalue weighted by Gasteiger charge is 1.87. The molecule has 0 fully saturated rings. The Hall–Kier alpha value is -0.970. The lowest BCUT2D eigenvalue weighted by atomic mass is 10.3. The van der Waals surface area contributed by atoms with E-state index in [9.17, 15) is 0 Å². The van der Waals surface area contributed by atoms with Gasteiger partial charge >= 0.3 is 0 Å². The molecule has 0 amide bonds. The second kappa shape index (κ2) is 7.14. The van der Waals surface area contributed by atoms with Gasteiger partial charge in [-0.05, 0) is 26.5 Å². The summed E-state index contributed by atoms with van der Waals surface area (Å²) in [4.78, 5) is 2.21. The minimum atomic E-state index is 0.623. The summed E-state index contributed by atoms with van der Waals surface area (Å²) in [6.45, 7) is 6.33. The average molecular weight is 152 g/mol. The first-order valence-electron chi connectivity index (χ1n) is 4.12. The van der Waals surface area contributed by atoms with Crippen LogP contribution in [0.2, 0.25) is 0 Å². The van der Waals surface area contributed by atoms with Crippen LogP contribution >= 0.6 is 0 Å². The Morgan fingerprint density at radius 3 is 2.45 bits per heavy atom. The molecule has 0 saturated carbocycles. The minimum Gasteiger partial charge on any atom is -0.378 e. The van der Waals surface area contributed by atoms with Crippen molar-refractivity contribution in [1.29, 1.82) is 5.26 Å². The highest BCUT2D eigenvalue weighted by molar-refractivity contribution is 4.85. The average Bonchev–Trinajstić information content (AvgIpc) is 2.05. The first-order chi connectivity index (χ1) is 5.35. The van der Waals surface area contributed by atoms with Gasteiger partial charge in [0.25, 0.3) is 0 Å². The number of hydrogen-bond donors (Lipinski definition) is 0. The summed E-state index contributed by atoms with van der Waals surface area (Å²) in [6, 6.07) is 2.11. The van der Waals surface area contributed by atoms with E-state index < -0.39 is 0 Å². The van der Waals surface area contributed by atoms with Crippen molar-refractivity contribution in [3.8, 4) is 6.07 Å². The van der Waals surface area contributed by atoms with E-state index in [1.54, 1.807) is 0 Å².